The van der Waals surface area contributed by atoms with Crippen LogP contribution in [0.1, 0.15) is 13.3 Å². The lowest BCUT2D eigenvalue weighted by Gasteiger charge is -2.35. The number of carbonyl (C=O) groups is 1. The second kappa shape index (κ2) is 10.1. The maximum Gasteiger partial charge on any atom is 0.224 e. The van der Waals surface area contributed by atoms with Gasteiger partial charge in [-0.25, -0.2) is 0 Å². The molecule has 2 aliphatic heterocycles. The van der Waals surface area contributed by atoms with Gasteiger partial charge in [-0.1, -0.05) is 6.92 Å². The van der Waals surface area contributed by atoms with Crippen LogP contribution in [0.3, 0.4) is 0 Å². The summed E-state index contributed by atoms with van der Waals surface area (Å²) in [5.74, 6) is 2.60. The van der Waals surface area contributed by atoms with Gasteiger partial charge in [-0.3, -0.25) is 4.79 Å². The van der Waals surface area contributed by atoms with Crippen molar-refractivity contribution in [3.8, 4) is 0 Å². The average molecular weight is 330 g/mol. The van der Waals surface area contributed by atoms with Crippen molar-refractivity contribution in [2.75, 3.05) is 50.8 Å². The highest BCUT2D eigenvalue weighted by atomic mass is 35.5. The molecule has 0 radical (unpaired) electrons. The minimum Gasteiger partial charge on any atom is -0.340 e. The minimum absolute atomic E-state index is 0. The first kappa shape index (κ1) is 19.3. The Labute approximate surface area is 132 Å². The number of amides is 1. The van der Waals surface area contributed by atoms with Crippen molar-refractivity contribution >= 4 is 42.5 Å². The molecule has 2 heterocycles. The van der Waals surface area contributed by atoms with Crippen molar-refractivity contribution in [2.24, 2.45) is 0 Å². The topological polar surface area (TPSA) is 35.6 Å². The summed E-state index contributed by atoms with van der Waals surface area (Å²) in [6.45, 7) is 8.22. The van der Waals surface area contributed by atoms with Gasteiger partial charge in [-0.2, -0.15) is 11.8 Å². The van der Waals surface area contributed by atoms with Crippen LogP contribution in [-0.2, 0) is 4.79 Å². The molecule has 2 aliphatic rings. The fourth-order valence-corrected chi connectivity index (χ4v) is 3.35. The molecule has 0 bridgehead atoms. The highest BCUT2D eigenvalue weighted by molar-refractivity contribution is 7.99. The molecule has 0 aliphatic carbocycles. The van der Waals surface area contributed by atoms with Gasteiger partial charge in [-0.15, -0.1) is 24.8 Å². The lowest BCUT2D eigenvalue weighted by atomic mass is 10.2. The van der Waals surface area contributed by atoms with Crippen molar-refractivity contribution in [3.63, 3.8) is 0 Å². The SMILES string of the molecule is CCN1CCN(C(=O)CC2CSCCN2)CC1.Cl.Cl. The van der Waals surface area contributed by atoms with E-state index in [1.165, 1.54) is 5.75 Å². The van der Waals surface area contributed by atoms with E-state index in [0.29, 0.717) is 18.4 Å². The van der Waals surface area contributed by atoms with Crippen LogP contribution in [0.2, 0.25) is 0 Å². The number of rotatable bonds is 3. The number of nitrogens with one attached hydrogen (secondary N) is 1. The summed E-state index contributed by atoms with van der Waals surface area (Å²) < 4.78 is 0. The molecule has 1 atom stereocenters. The molecule has 19 heavy (non-hydrogen) atoms. The van der Waals surface area contributed by atoms with Crippen LogP contribution in [-0.4, -0.2) is 72.5 Å². The number of nitrogens with zero attached hydrogens (tertiary/aromatic N) is 2. The van der Waals surface area contributed by atoms with Gasteiger partial charge >= 0.3 is 0 Å². The Hall–Kier alpha value is 0.320. The summed E-state index contributed by atoms with van der Waals surface area (Å²) >= 11 is 1.95. The Morgan fingerprint density at radius 2 is 1.95 bits per heavy atom. The van der Waals surface area contributed by atoms with Gasteiger partial charge in [0.1, 0.15) is 0 Å². The first-order chi connectivity index (χ1) is 8.29. The fourth-order valence-electron chi connectivity index (χ4n) is 2.40. The van der Waals surface area contributed by atoms with E-state index in [1.54, 1.807) is 0 Å². The number of likely N-dealkylation sites (N-methyl/N-ethyl adjacent to an activating group) is 1. The highest BCUT2D eigenvalue weighted by Gasteiger charge is 2.23. The van der Waals surface area contributed by atoms with Crippen molar-refractivity contribution in [1.29, 1.82) is 0 Å². The Morgan fingerprint density at radius 1 is 1.26 bits per heavy atom. The molecule has 1 amide bonds. The maximum absolute atomic E-state index is 12.1. The van der Waals surface area contributed by atoms with E-state index in [-0.39, 0.29) is 24.8 Å². The molecular weight excluding hydrogens is 305 g/mol. The standard InChI is InChI=1S/C12H23N3OS.2ClH/c1-2-14-4-6-15(7-5-14)12(16)9-11-10-17-8-3-13-11;;/h11,13H,2-10H2,1H3;2*1H. The molecule has 2 fully saturated rings. The predicted molar refractivity (Wildman–Crippen MR) is 86.9 cm³/mol. The van der Waals surface area contributed by atoms with E-state index in [2.05, 4.69) is 17.1 Å². The molecule has 2 saturated heterocycles. The number of halogens is 2. The molecule has 1 unspecified atom stereocenters. The molecule has 7 heteroatoms. The first-order valence-corrected chi connectivity index (χ1v) is 7.76. The smallest absolute Gasteiger partial charge is 0.224 e. The number of carbonyl (C=O) groups excluding carboxylic acids is 1. The predicted octanol–water partition coefficient (Wildman–Crippen LogP) is 1.09. The monoisotopic (exact) mass is 329 g/mol. The average Bonchev–Trinajstić information content (AvgIpc) is 2.40. The lowest BCUT2D eigenvalue weighted by Crippen LogP contribution is -2.50. The van der Waals surface area contributed by atoms with E-state index in [4.69, 9.17) is 0 Å². The molecule has 4 nitrogen and oxygen atoms in total. The van der Waals surface area contributed by atoms with Gasteiger partial charge < -0.3 is 15.1 Å². The summed E-state index contributed by atoms with van der Waals surface area (Å²) in [4.78, 5) is 16.6. The van der Waals surface area contributed by atoms with Gasteiger partial charge in [0.15, 0.2) is 0 Å². The third-order valence-corrected chi connectivity index (χ3v) is 4.72. The van der Waals surface area contributed by atoms with Crippen molar-refractivity contribution in [1.82, 2.24) is 15.1 Å². The third-order valence-electron chi connectivity index (χ3n) is 3.59. The van der Waals surface area contributed by atoms with E-state index < -0.39 is 0 Å². The second-order valence-corrected chi connectivity index (χ2v) is 5.89. The number of hydrogen-bond acceptors (Lipinski definition) is 4. The summed E-state index contributed by atoms with van der Waals surface area (Å²) in [5.41, 5.74) is 0. The Balaban J connectivity index is 0.00000162. The first-order valence-electron chi connectivity index (χ1n) is 6.61. The van der Waals surface area contributed by atoms with Gasteiger partial charge in [-0.05, 0) is 6.54 Å². The quantitative estimate of drug-likeness (QED) is 0.840. The van der Waals surface area contributed by atoms with Gasteiger partial charge in [0.05, 0.1) is 0 Å². The van der Waals surface area contributed by atoms with E-state index in [9.17, 15) is 4.79 Å². The Bertz CT molecular complexity index is 257. The number of piperazine rings is 1. The molecule has 1 N–H and O–H groups in total. The molecule has 0 aromatic carbocycles. The van der Waals surface area contributed by atoms with E-state index in [1.807, 2.05) is 16.7 Å². The summed E-state index contributed by atoms with van der Waals surface area (Å²) in [7, 11) is 0. The van der Waals surface area contributed by atoms with Gasteiger partial charge in [0.25, 0.3) is 0 Å². The summed E-state index contributed by atoms with van der Waals surface area (Å²) in [6, 6.07) is 0.394. The number of thioether (sulfide) groups is 1. The largest absolute Gasteiger partial charge is 0.340 e. The van der Waals surface area contributed by atoms with Crippen LogP contribution in [0.25, 0.3) is 0 Å². The zero-order valence-electron chi connectivity index (χ0n) is 11.5. The molecule has 114 valence electrons. The van der Waals surface area contributed by atoms with E-state index in [0.717, 1.165) is 45.0 Å². The van der Waals surface area contributed by atoms with Crippen LogP contribution >= 0.6 is 36.6 Å². The second-order valence-electron chi connectivity index (χ2n) is 4.75. The van der Waals surface area contributed by atoms with Crippen LogP contribution in [0.15, 0.2) is 0 Å². The van der Waals surface area contributed by atoms with Crippen LogP contribution in [0, 0.1) is 0 Å². The zero-order valence-corrected chi connectivity index (χ0v) is 13.9. The van der Waals surface area contributed by atoms with Crippen molar-refractivity contribution < 1.29 is 4.79 Å². The van der Waals surface area contributed by atoms with Gasteiger partial charge in [0, 0.05) is 56.7 Å². The molecule has 0 aromatic rings. The van der Waals surface area contributed by atoms with Gasteiger partial charge in [0.2, 0.25) is 5.91 Å². The van der Waals surface area contributed by atoms with E-state index >= 15 is 0 Å². The minimum atomic E-state index is 0. The fraction of sp³-hybridized carbons (Fsp3) is 0.917. The highest BCUT2D eigenvalue weighted by Crippen LogP contribution is 2.12. The molecule has 0 spiro atoms. The lowest BCUT2D eigenvalue weighted by molar-refractivity contribution is -0.133. The molecule has 0 aromatic heterocycles. The van der Waals surface area contributed by atoms with Crippen molar-refractivity contribution in [3.05, 3.63) is 0 Å². The zero-order chi connectivity index (χ0) is 12.1. The third kappa shape index (κ3) is 6.08. The maximum atomic E-state index is 12.1. The van der Waals surface area contributed by atoms with Crippen LogP contribution < -0.4 is 5.32 Å². The van der Waals surface area contributed by atoms with Crippen LogP contribution in [0.5, 0.6) is 0 Å². The summed E-state index contributed by atoms with van der Waals surface area (Å²) in [6.07, 6.45) is 0.680. The van der Waals surface area contributed by atoms with Crippen molar-refractivity contribution in [2.45, 2.75) is 19.4 Å². The number of hydrogen-bond donors (Lipinski definition) is 1. The summed E-state index contributed by atoms with van der Waals surface area (Å²) in [5, 5.41) is 3.43. The normalized spacial score (nSPS) is 24.3. The molecular formula is C12H25Cl2N3OS. The van der Waals surface area contributed by atoms with Crippen LogP contribution in [0.4, 0.5) is 0 Å². The molecule has 0 saturated carbocycles. The Morgan fingerprint density at radius 3 is 2.47 bits per heavy atom. The Kier molecular flexibility index (Phi) is 10.3. The molecule has 2 rings (SSSR count).